The van der Waals surface area contributed by atoms with Gasteiger partial charge in [-0.3, -0.25) is 19.7 Å². The van der Waals surface area contributed by atoms with Gasteiger partial charge in [-0.25, -0.2) is 10.2 Å². The van der Waals surface area contributed by atoms with E-state index in [0.29, 0.717) is 5.56 Å². The van der Waals surface area contributed by atoms with Crippen molar-refractivity contribution in [2.75, 3.05) is 11.9 Å². The van der Waals surface area contributed by atoms with Crippen LogP contribution in [0.4, 0.5) is 11.4 Å². The Morgan fingerprint density at radius 3 is 2.43 bits per heavy atom. The van der Waals surface area contributed by atoms with Crippen LogP contribution in [0.1, 0.15) is 22.8 Å². The van der Waals surface area contributed by atoms with Crippen molar-refractivity contribution in [1.29, 1.82) is 0 Å². The van der Waals surface area contributed by atoms with Crippen molar-refractivity contribution in [2.45, 2.75) is 6.92 Å². The summed E-state index contributed by atoms with van der Waals surface area (Å²) in [6.07, 6.45) is 1.07. The number of nitrogens with zero attached hydrogens (tertiary/aromatic N) is 2. The second-order valence-corrected chi connectivity index (χ2v) is 5.27. The summed E-state index contributed by atoms with van der Waals surface area (Å²) in [6, 6.07) is 11.6. The van der Waals surface area contributed by atoms with Crippen LogP contribution < -0.4 is 10.7 Å². The number of hydrogen-bond acceptors (Lipinski definition) is 7. The van der Waals surface area contributed by atoms with E-state index in [4.69, 9.17) is 4.74 Å². The lowest BCUT2D eigenvalue weighted by molar-refractivity contribution is -0.385. The Kier molecular flexibility index (Phi) is 6.92. The molecule has 0 spiro atoms. The number of nitro groups is 1. The highest BCUT2D eigenvalue weighted by molar-refractivity contribution is 6.39. The average molecular weight is 384 g/mol. The molecule has 2 aromatic rings. The van der Waals surface area contributed by atoms with Crippen LogP contribution in [-0.2, 0) is 14.3 Å². The molecule has 0 atom stereocenters. The Balaban J connectivity index is 1.94. The van der Waals surface area contributed by atoms with Gasteiger partial charge in [-0.05, 0) is 37.3 Å². The molecule has 0 aliphatic carbocycles. The molecule has 0 heterocycles. The number of esters is 1. The van der Waals surface area contributed by atoms with E-state index in [-0.39, 0.29) is 23.5 Å². The van der Waals surface area contributed by atoms with Crippen molar-refractivity contribution in [3.63, 3.8) is 0 Å². The summed E-state index contributed by atoms with van der Waals surface area (Å²) in [7, 11) is 0. The minimum atomic E-state index is -1.07. The summed E-state index contributed by atoms with van der Waals surface area (Å²) in [6.45, 7) is 1.92. The van der Waals surface area contributed by atoms with Gasteiger partial charge in [0.05, 0.1) is 28.9 Å². The molecule has 10 heteroatoms. The van der Waals surface area contributed by atoms with Gasteiger partial charge in [0.25, 0.3) is 5.69 Å². The molecule has 28 heavy (non-hydrogen) atoms. The van der Waals surface area contributed by atoms with Gasteiger partial charge in [0.15, 0.2) is 0 Å². The van der Waals surface area contributed by atoms with Crippen LogP contribution in [0.5, 0.6) is 0 Å². The smallest absolute Gasteiger partial charge is 0.338 e. The minimum absolute atomic E-state index is 0.169. The third-order valence-corrected chi connectivity index (χ3v) is 3.36. The quantitative estimate of drug-likeness (QED) is 0.256. The fourth-order valence-electron chi connectivity index (χ4n) is 2.07. The molecule has 2 N–H and O–H groups in total. The Morgan fingerprint density at radius 1 is 1.11 bits per heavy atom. The molecule has 0 aromatic heterocycles. The Labute approximate surface area is 159 Å². The first kappa shape index (κ1) is 20.2. The highest BCUT2D eigenvalue weighted by Gasteiger charge is 2.14. The maximum absolute atomic E-state index is 11.9. The first-order chi connectivity index (χ1) is 13.4. The van der Waals surface area contributed by atoms with E-state index in [9.17, 15) is 24.5 Å². The van der Waals surface area contributed by atoms with Crippen molar-refractivity contribution in [1.82, 2.24) is 5.43 Å². The third kappa shape index (κ3) is 5.46. The van der Waals surface area contributed by atoms with Gasteiger partial charge in [0.2, 0.25) is 0 Å². The Morgan fingerprint density at radius 2 is 1.79 bits per heavy atom. The van der Waals surface area contributed by atoms with Crippen LogP contribution in [0.25, 0.3) is 0 Å². The zero-order chi connectivity index (χ0) is 20.5. The molecule has 2 amide bonds. The van der Waals surface area contributed by atoms with Crippen molar-refractivity contribution in [3.8, 4) is 0 Å². The lowest BCUT2D eigenvalue weighted by Crippen LogP contribution is -2.32. The van der Waals surface area contributed by atoms with Crippen molar-refractivity contribution < 1.29 is 24.0 Å². The van der Waals surface area contributed by atoms with Crippen molar-refractivity contribution >= 4 is 35.4 Å². The number of amides is 2. The Hall–Kier alpha value is -4.08. The fourth-order valence-corrected chi connectivity index (χ4v) is 2.07. The van der Waals surface area contributed by atoms with E-state index < -0.39 is 22.7 Å². The molecule has 0 unspecified atom stereocenters. The summed E-state index contributed by atoms with van der Waals surface area (Å²) >= 11 is 0. The SMILES string of the molecule is CCOC(=O)c1ccc(NC(=O)C(=O)N/N=C\c2ccccc2[N+](=O)[O-])cc1. The predicted molar refractivity (Wildman–Crippen MR) is 99.9 cm³/mol. The van der Waals surface area contributed by atoms with Crippen LogP contribution in [0.3, 0.4) is 0 Å². The van der Waals surface area contributed by atoms with Crippen LogP contribution in [0.15, 0.2) is 53.6 Å². The van der Waals surface area contributed by atoms with Crippen LogP contribution in [-0.4, -0.2) is 35.5 Å². The zero-order valence-electron chi connectivity index (χ0n) is 14.7. The topological polar surface area (TPSA) is 140 Å². The zero-order valence-corrected chi connectivity index (χ0v) is 14.7. The largest absolute Gasteiger partial charge is 0.462 e. The van der Waals surface area contributed by atoms with E-state index >= 15 is 0 Å². The first-order valence-corrected chi connectivity index (χ1v) is 8.07. The third-order valence-electron chi connectivity index (χ3n) is 3.36. The molecule has 2 aromatic carbocycles. The molecule has 0 aliphatic rings. The second kappa shape index (κ2) is 9.57. The second-order valence-electron chi connectivity index (χ2n) is 5.27. The maximum atomic E-state index is 11.9. The standard InChI is InChI=1S/C18H16N4O6/c1-2-28-18(25)12-7-9-14(10-8-12)20-16(23)17(24)21-19-11-13-5-3-4-6-15(13)22(26)27/h3-11H,2H2,1H3,(H,20,23)(H,21,24)/b19-11-. The summed E-state index contributed by atoms with van der Waals surface area (Å²) in [5.41, 5.74) is 2.56. The van der Waals surface area contributed by atoms with Gasteiger partial charge >= 0.3 is 17.8 Å². The van der Waals surface area contributed by atoms with Gasteiger partial charge in [-0.15, -0.1) is 0 Å². The van der Waals surface area contributed by atoms with Crippen molar-refractivity contribution in [2.24, 2.45) is 5.10 Å². The van der Waals surface area contributed by atoms with Gasteiger partial charge in [-0.1, -0.05) is 12.1 Å². The van der Waals surface area contributed by atoms with E-state index in [1.54, 1.807) is 13.0 Å². The predicted octanol–water partition coefficient (Wildman–Crippen LogP) is 1.86. The number of para-hydroxylation sites is 1. The summed E-state index contributed by atoms with van der Waals surface area (Å²) in [5, 5.41) is 16.8. The van der Waals surface area contributed by atoms with E-state index in [2.05, 4.69) is 10.4 Å². The number of rotatable bonds is 6. The van der Waals surface area contributed by atoms with E-state index in [0.717, 1.165) is 6.21 Å². The lowest BCUT2D eigenvalue weighted by atomic mass is 10.2. The molecule has 0 saturated heterocycles. The molecule has 0 radical (unpaired) electrons. The summed E-state index contributed by atoms with van der Waals surface area (Å²) in [4.78, 5) is 45.5. The molecule has 0 bridgehead atoms. The molecule has 2 rings (SSSR count). The molecule has 0 fully saturated rings. The number of carbonyl (C=O) groups is 3. The van der Waals surface area contributed by atoms with E-state index in [1.165, 1.54) is 42.5 Å². The van der Waals surface area contributed by atoms with Gasteiger partial charge < -0.3 is 10.1 Å². The van der Waals surface area contributed by atoms with Crippen molar-refractivity contribution in [3.05, 3.63) is 69.8 Å². The fraction of sp³-hybridized carbons (Fsp3) is 0.111. The van der Waals surface area contributed by atoms with Crippen LogP contribution >= 0.6 is 0 Å². The molecule has 0 aliphatic heterocycles. The van der Waals surface area contributed by atoms with Crippen LogP contribution in [0, 0.1) is 10.1 Å². The van der Waals surface area contributed by atoms with Gasteiger partial charge in [-0.2, -0.15) is 5.10 Å². The molecular weight excluding hydrogens is 368 g/mol. The number of benzene rings is 2. The maximum Gasteiger partial charge on any atom is 0.338 e. The van der Waals surface area contributed by atoms with Gasteiger partial charge in [0, 0.05) is 11.8 Å². The number of nitrogens with one attached hydrogen (secondary N) is 2. The lowest BCUT2D eigenvalue weighted by Gasteiger charge is -2.05. The number of nitro benzene ring substituents is 1. The number of hydrazone groups is 1. The normalized spacial score (nSPS) is 10.3. The number of hydrogen-bond donors (Lipinski definition) is 2. The minimum Gasteiger partial charge on any atom is -0.462 e. The molecule has 144 valence electrons. The van der Waals surface area contributed by atoms with Gasteiger partial charge in [0.1, 0.15) is 0 Å². The first-order valence-electron chi connectivity index (χ1n) is 8.07. The summed E-state index contributed by atoms with van der Waals surface area (Å²) < 4.78 is 4.84. The van der Waals surface area contributed by atoms with E-state index in [1.807, 2.05) is 5.43 Å². The Bertz CT molecular complexity index is 924. The highest BCUT2D eigenvalue weighted by Crippen LogP contribution is 2.15. The molecule has 10 nitrogen and oxygen atoms in total. The summed E-state index contributed by atoms with van der Waals surface area (Å²) in [5.74, 6) is -2.56. The number of carbonyl (C=O) groups excluding carboxylic acids is 3. The van der Waals surface area contributed by atoms with Crippen LogP contribution in [0.2, 0.25) is 0 Å². The average Bonchev–Trinajstić information content (AvgIpc) is 2.68. The molecular formula is C18H16N4O6. The monoisotopic (exact) mass is 384 g/mol. The highest BCUT2D eigenvalue weighted by atomic mass is 16.6. The molecule has 0 saturated carbocycles. The number of ether oxygens (including phenoxy) is 1. The number of anilines is 1.